The van der Waals surface area contributed by atoms with E-state index in [1.54, 1.807) is 16.7 Å². The lowest BCUT2D eigenvalue weighted by Crippen LogP contribution is -2.31. The fraction of sp³-hybridized carbons (Fsp3) is 0.733. The van der Waals surface area contributed by atoms with E-state index in [1.807, 2.05) is 6.07 Å². The highest BCUT2D eigenvalue weighted by molar-refractivity contribution is 7.89. The largest absolute Gasteiger partial charge is 0.309 e. The molecule has 2 fully saturated rings. The van der Waals surface area contributed by atoms with E-state index >= 15 is 0 Å². The molecule has 21 heavy (non-hydrogen) atoms. The van der Waals surface area contributed by atoms with Gasteiger partial charge >= 0.3 is 0 Å². The Hall–Kier alpha value is -0.430. The van der Waals surface area contributed by atoms with Crippen molar-refractivity contribution < 1.29 is 8.42 Å². The van der Waals surface area contributed by atoms with Crippen molar-refractivity contribution in [1.82, 2.24) is 9.62 Å². The van der Waals surface area contributed by atoms with E-state index in [9.17, 15) is 8.42 Å². The Morgan fingerprint density at radius 1 is 1.29 bits per heavy atom. The van der Waals surface area contributed by atoms with E-state index in [0.717, 1.165) is 11.4 Å². The molecule has 118 valence electrons. The second-order valence-corrected chi connectivity index (χ2v) is 9.38. The molecule has 2 saturated carbocycles. The second kappa shape index (κ2) is 6.36. The van der Waals surface area contributed by atoms with Crippen molar-refractivity contribution in [1.29, 1.82) is 0 Å². The highest BCUT2D eigenvalue weighted by atomic mass is 32.2. The summed E-state index contributed by atoms with van der Waals surface area (Å²) in [7, 11) is -1.60. The van der Waals surface area contributed by atoms with Crippen molar-refractivity contribution in [2.45, 2.75) is 56.0 Å². The summed E-state index contributed by atoms with van der Waals surface area (Å²) in [6.07, 6.45) is 7.32. The summed E-state index contributed by atoms with van der Waals surface area (Å²) in [6.45, 7) is 1.45. The number of rotatable bonds is 7. The van der Waals surface area contributed by atoms with E-state index in [0.29, 0.717) is 23.4 Å². The molecule has 0 spiro atoms. The van der Waals surface area contributed by atoms with Gasteiger partial charge in [-0.05, 0) is 37.7 Å². The summed E-state index contributed by atoms with van der Waals surface area (Å²) < 4.78 is 26.7. The number of thiophene rings is 1. The Bertz CT molecular complexity index is 572. The highest BCUT2D eigenvalue weighted by Gasteiger charge is 2.26. The van der Waals surface area contributed by atoms with Crippen LogP contribution in [0.4, 0.5) is 0 Å². The number of hydrogen-bond donors (Lipinski definition) is 1. The first kappa shape index (κ1) is 15.5. The zero-order valence-electron chi connectivity index (χ0n) is 12.5. The van der Waals surface area contributed by atoms with Crippen LogP contribution in [0, 0.1) is 5.92 Å². The van der Waals surface area contributed by atoms with Gasteiger partial charge in [0.05, 0.1) is 4.90 Å². The first-order valence-electron chi connectivity index (χ1n) is 7.83. The van der Waals surface area contributed by atoms with Gasteiger partial charge in [0.25, 0.3) is 0 Å². The van der Waals surface area contributed by atoms with E-state index in [-0.39, 0.29) is 0 Å². The molecule has 0 unspecified atom stereocenters. The van der Waals surface area contributed by atoms with Crippen LogP contribution in [-0.2, 0) is 16.6 Å². The van der Waals surface area contributed by atoms with Gasteiger partial charge in [-0.25, -0.2) is 12.7 Å². The van der Waals surface area contributed by atoms with Gasteiger partial charge in [0.15, 0.2) is 0 Å². The zero-order valence-corrected chi connectivity index (χ0v) is 14.2. The molecule has 0 atom stereocenters. The molecule has 2 aliphatic rings. The highest BCUT2D eigenvalue weighted by Crippen LogP contribution is 2.28. The van der Waals surface area contributed by atoms with Crippen LogP contribution in [0.2, 0.25) is 0 Å². The average Bonchev–Trinajstić information content (AvgIpc) is 2.93. The third-order valence-corrected chi connectivity index (χ3v) is 7.36. The first-order chi connectivity index (χ1) is 10.1. The monoisotopic (exact) mass is 328 g/mol. The van der Waals surface area contributed by atoms with E-state index in [2.05, 4.69) is 5.32 Å². The summed E-state index contributed by atoms with van der Waals surface area (Å²) in [6, 6.07) is 2.48. The Morgan fingerprint density at radius 3 is 2.67 bits per heavy atom. The van der Waals surface area contributed by atoms with Crippen LogP contribution in [0.25, 0.3) is 0 Å². The fourth-order valence-electron chi connectivity index (χ4n) is 2.96. The third kappa shape index (κ3) is 3.86. The molecule has 1 N–H and O–H groups in total. The van der Waals surface area contributed by atoms with E-state index < -0.39 is 10.0 Å². The van der Waals surface area contributed by atoms with Crippen LogP contribution in [0.3, 0.4) is 0 Å². The number of nitrogens with one attached hydrogen (secondary N) is 1. The van der Waals surface area contributed by atoms with Gasteiger partial charge in [0, 0.05) is 36.4 Å². The number of hydrogen-bond acceptors (Lipinski definition) is 4. The molecular formula is C15H24N2O2S2. The summed E-state index contributed by atoms with van der Waals surface area (Å²) >= 11 is 1.54. The van der Waals surface area contributed by atoms with Gasteiger partial charge in [-0.3, -0.25) is 0 Å². The normalized spacial score (nSPS) is 20.5. The first-order valence-corrected chi connectivity index (χ1v) is 10.1. The van der Waals surface area contributed by atoms with Crippen molar-refractivity contribution in [3.8, 4) is 0 Å². The maximum Gasteiger partial charge on any atom is 0.243 e. The fourth-order valence-corrected chi connectivity index (χ4v) is 5.42. The summed E-state index contributed by atoms with van der Waals surface area (Å²) in [4.78, 5) is 1.57. The van der Waals surface area contributed by atoms with Crippen LogP contribution in [0.5, 0.6) is 0 Å². The molecule has 6 heteroatoms. The quantitative estimate of drug-likeness (QED) is 0.837. The molecular weight excluding hydrogens is 304 g/mol. The predicted molar refractivity (Wildman–Crippen MR) is 86.0 cm³/mol. The molecule has 0 aromatic carbocycles. The summed E-state index contributed by atoms with van der Waals surface area (Å²) in [5, 5.41) is 5.21. The maximum atomic E-state index is 12.6. The zero-order chi connectivity index (χ0) is 14.9. The molecule has 0 amide bonds. The van der Waals surface area contributed by atoms with Crippen molar-refractivity contribution in [3.05, 3.63) is 16.3 Å². The van der Waals surface area contributed by atoms with Crippen molar-refractivity contribution in [2.75, 3.05) is 13.6 Å². The van der Waals surface area contributed by atoms with Gasteiger partial charge in [-0.1, -0.05) is 12.8 Å². The lowest BCUT2D eigenvalue weighted by molar-refractivity contribution is 0.387. The Labute approximate surface area is 131 Å². The van der Waals surface area contributed by atoms with Crippen LogP contribution < -0.4 is 5.32 Å². The average molecular weight is 329 g/mol. The lowest BCUT2D eigenvalue weighted by Gasteiger charge is -2.20. The minimum absolute atomic E-state index is 0.459. The molecule has 0 bridgehead atoms. The van der Waals surface area contributed by atoms with Crippen LogP contribution in [0.15, 0.2) is 16.3 Å². The van der Waals surface area contributed by atoms with Gasteiger partial charge in [0.2, 0.25) is 10.0 Å². The van der Waals surface area contributed by atoms with Crippen molar-refractivity contribution >= 4 is 21.4 Å². The molecule has 1 aromatic heterocycles. The van der Waals surface area contributed by atoms with Crippen molar-refractivity contribution in [2.24, 2.45) is 5.92 Å². The predicted octanol–water partition coefficient (Wildman–Crippen LogP) is 2.81. The second-order valence-electron chi connectivity index (χ2n) is 6.34. The summed E-state index contributed by atoms with van der Waals surface area (Å²) in [5.74, 6) is 0.541. The van der Waals surface area contributed by atoms with Crippen LogP contribution >= 0.6 is 11.3 Å². The van der Waals surface area contributed by atoms with Crippen molar-refractivity contribution in [3.63, 3.8) is 0 Å². The van der Waals surface area contributed by atoms with Gasteiger partial charge < -0.3 is 5.32 Å². The maximum absolute atomic E-state index is 12.6. The van der Waals surface area contributed by atoms with E-state index in [1.165, 1.54) is 49.9 Å². The third-order valence-electron chi connectivity index (χ3n) is 4.47. The van der Waals surface area contributed by atoms with Crippen LogP contribution in [-0.4, -0.2) is 32.4 Å². The topological polar surface area (TPSA) is 49.4 Å². The molecule has 1 heterocycles. The van der Waals surface area contributed by atoms with Gasteiger partial charge in [-0.2, -0.15) is 0 Å². The summed E-state index contributed by atoms with van der Waals surface area (Å²) in [5.41, 5.74) is 0. The molecule has 2 aliphatic carbocycles. The van der Waals surface area contributed by atoms with E-state index in [4.69, 9.17) is 0 Å². The molecule has 0 aliphatic heterocycles. The molecule has 0 saturated heterocycles. The molecule has 3 rings (SSSR count). The van der Waals surface area contributed by atoms with Crippen LogP contribution in [0.1, 0.15) is 43.4 Å². The Kier molecular flexibility index (Phi) is 4.69. The minimum Gasteiger partial charge on any atom is -0.309 e. The van der Waals surface area contributed by atoms with Gasteiger partial charge in [0.1, 0.15) is 0 Å². The molecule has 1 aromatic rings. The number of nitrogens with zero attached hydrogens (tertiary/aromatic N) is 1. The Balaban J connectivity index is 1.62. The molecule has 0 radical (unpaired) electrons. The number of sulfonamides is 1. The van der Waals surface area contributed by atoms with Gasteiger partial charge in [-0.15, -0.1) is 11.3 Å². The Morgan fingerprint density at radius 2 is 2.00 bits per heavy atom. The lowest BCUT2D eigenvalue weighted by atomic mass is 10.1. The smallest absolute Gasteiger partial charge is 0.243 e. The SMILES string of the molecule is CN(CC1CCCC1)S(=O)(=O)c1csc(CNC2CC2)c1. The standard InChI is InChI=1S/C15H24N2O2S2/c1-17(10-12-4-2-3-5-12)21(18,19)15-8-14(20-11-15)9-16-13-6-7-13/h8,11-13,16H,2-7,9-10H2,1H3. The molecule has 4 nitrogen and oxygen atoms in total. The minimum atomic E-state index is -3.31.